The molecule has 3 aliphatic carbocycles. The maximum atomic E-state index is 6.11. The molecule has 3 heteroatoms. The molecule has 3 saturated carbocycles. The Labute approximate surface area is 129 Å². The van der Waals surface area contributed by atoms with Gasteiger partial charge in [-0.1, -0.05) is 12.8 Å². The molecular formula is C18H32N2O. The van der Waals surface area contributed by atoms with Gasteiger partial charge < -0.3 is 15.0 Å². The summed E-state index contributed by atoms with van der Waals surface area (Å²) in [6.45, 7) is 1.02. The summed E-state index contributed by atoms with van der Waals surface area (Å²) in [4.78, 5) is 2.42. The summed E-state index contributed by atoms with van der Waals surface area (Å²) in [7, 11) is 4.47. The molecule has 3 nitrogen and oxygen atoms in total. The highest BCUT2D eigenvalue weighted by atomic mass is 16.5. The maximum Gasteiger partial charge on any atom is 0.0690 e. The van der Waals surface area contributed by atoms with E-state index in [9.17, 15) is 0 Å². The average Bonchev–Trinajstić information content (AvgIpc) is 3.13. The van der Waals surface area contributed by atoms with Crippen molar-refractivity contribution in [2.45, 2.75) is 82.0 Å². The summed E-state index contributed by atoms with van der Waals surface area (Å²) in [5.74, 6) is 0.828. The van der Waals surface area contributed by atoms with Gasteiger partial charge in [-0.3, -0.25) is 0 Å². The third-order valence-electron chi connectivity index (χ3n) is 7.13. The Morgan fingerprint density at radius 1 is 1.00 bits per heavy atom. The summed E-state index contributed by atoms with van der Waals surface area (Å²) in [5.41, 5.74) is 0.527. The van der Waals surface area contributed by atoms with Crippen molar-refractivity contribution in [3.8, 4) is 0 Å². The Bertz CT molecular complexity index is 369. The first-order valence-electron chi connectivity index (χ1n) is 9.25. The van der Waals surface area contributed by atoms with Crippen LogP contribution in [0.2, 0.25) is 0 Å². The Morgan fingerprint density at radius 3 is 2.38 bits per heavy atom. The molecular weight excluding hydrogens is 260 g/mol. The number of hydrogen-bond acceptors (Lipinski definition) is 3. The van der Waals surface area contributed by atoms with Crippen molar-refractivity contribution in [1.82, 2.24) is 10.2 Å². The molecule has 1 spiro atoms. The van der Waals surface area contributed by atoms with Crippen molar-refractivity contribution in [3.63, 3.8) is 0 Å². The first-order valence-corrected chi connectivity index (χ1v) is 9.25. The molecule has 0 bridgehead atoms. The summed E-state index contributed by atoms with van der Waals surface area (Å²) in [6.07, 6.45) is 13.1. The van der Waals surface area contributed by atoms with Crippen LogP contribution in [0.15, 0.2) is 0 Å². The lowest BCUT2D eigenvalue weighted by atomic mass is 9.54. The van der Waals surface area contributed by atoms with Crippen molar-refractivity contribution >= 4 is 0 Å². The molecule has 1 N–H and O–H groups in total. The van der Waals surface area contributed by atoms with Gasteiger partial charge in [0.2, 0.25) is 0 Å². The van der Waals surface area contributed by atoms with Gasteiger partial charge in [0.15, 0.2) is 0 Å². The maximum absolute atomic E-state index is 6.11. The van der Waals surface area contributed by atoms with Crippen LogP contribution in [0.25, 0.3) is 0 Å². The first-order chi connectivity index (χ1) is 10.2. The van der Waals surface area contributed by atoms with Gasteiger partial charge in [-0.15, -0.1) is 0 Å². The van der Waals surface area contributed by atoms with Crippen molar-refractivity contribution < 1.29 is 4.74 Å². The Kier molecular flexibility index (Phi) is 3.79. The number of rotatable bonds is 3. The van der Waals surface area contributed by atoms with Crippen LogP contribution in [-0.4, -0.2) is 49.8 Å². The van der Waals surface area contributed by atoms with Gasteiger partial charge in [-0.05, 0) is 59.0 Å². The Morgan fingerprint density at radius 2 is 1.71 bits per heavy atom. The zero-order chi connectivity index (χ0) is 14.4. The van der Waals surface area contributed by atoms with Crippen molar-refractivity contribution in [1.29, 1.82) is 0 Å². The van der Waals surface area contributed by atoms with Crippen LogP contribution in [-0.2, 0) is 4.74 Å². The van der Waals surface area contributed by atoms with E-state index in [0.717, 1.165) is 30.7 Å². The molecule has 3 atom stereocenters. The van der Waals surface area contributed by atoms with E-state index in [-0.39, 0.29) is 0 Å². The molecule has 1 aliphatic heterocycles. The van der Waals surface area contributed by atoms with Crippen LogP contribution >= 0.6 is 0 Å². The molecule has 0 aromatic rings. The summed E-state index contributed by atoms with van der Waals surface area (Å²) < 4.78 is 6.11. The molecule has 0 radical (unpaired) electrons. The van der Waals surface area contributed by atoms with E-state index < -0.39 is 0 Å². The second kappa shape index (κ2) is 5.50. The van der Waals surface area contributed by atoms with Crippen LogP contribution in [0.4, 0.5) is 0 Å². The normalized spacial score (nSPS) is 45.0. The van der Waals surface area contributed by atoms with Gasteiger partial charge >= 0.3 is 0 Å². The van der Waals surface area contributed by atoms with E-state index >= 15 is 0 Å². The molecule has 0 aromatic carbocycles. The highest BCUT2D eigenvalue weighted by Crippen LogP contribution is 2.60. The quantitative estimate of drug-likeness (QED) is 0.865. The topological polar surface area (TPSA) is 24.5 Å². The van der Waals surface area contributed by atoms with Crippen LogP contribution in [0.5, 0.6) is 0 Å². The fraction of sp³-hybridized carbons (Fsp3) is 1.00. The zero-order valence-corrected chi connectivity index (χ0v) is 13.8. The number of nitrogens with zero attached hydrogens (tertiary/aromatic N) is 1. The van der Waals surface area contributed by atoms with Crippen LogP contribution < -0.4 is 5.32 Å². The fourth-order valence-electron chi connectivity index (χ4n) is 5.96. The first kappa shape index (κ1) is 14.5. The average molecular weight is 292 g/mol. The van der Waals surface area contributed by atoms with Crippen LogP contribution in [0, 0.1) is 11.3 Å². The predicted molar refractivity (Wildman–Crippen MR) is 85.4 cm³/mol. The molecule has 120 valence electrons. The monoisotopic (exact) mass is 292 g/mol. The highest BCUT2D eigenvalue weighted by molar-refractivity contribution is 5.17. The van der Waals surface area contributed by atoms with E-state index in [0.29, 0.717) is 11.5 Å². The van der Waals surface area contributed by atoms with Crippen molar-refractivity contribution in [2.75, 3.05) is 20.7 Å². The van der Waals surface area contributed by atoms with Gasteiger partial charge in [0.25, 0.3) is 0 Å². The van der Waals surface area contributed by atoms with E-state index in [2.05, 4.69) is 24.3 Å². The van der Waals surface area contributed by atoms with Crippen molar-refractivity contribution in [2.24, 2.45) is 11.3 Å². The molecule has 0 unspecified atom stereocenters. The lowest BCUT2D eigenvalue weighted by Gasteiger charge is -2.58. The second-order valence-electron chi connectivity index (χ2n) is 8.30. The largest absolute Gasteiger partial charge is 0.377 e. The number of nitrogens with one attached hydrogen (secondary N) is 1. The molecule has 4 aliphatic rings. The summed E-state index contributed by atoms with van der Waals surface area (Å²) in [6, 6.07) is 2.35. The second-order valence-corrected chi connectivity index (χ2v) is 8.30. The lowest BCUT2D eigenvalue weighted by Crippen LogP contribution is -2.69. The van der Waals surface area contributed by atoms with E-state index in [1.54, 1.807) is 0 Å². The summed E-state index contributed by atoms with van der Waals surface area (Å²) >= 11 is 0. The van der Waals surface area contributed by atoms with Gasteiger partial charge in [-0.25, -0.2) is 0 Å². The predicted octanol–water partition coefficient (Wildman–Crippen LogP) is 2.80. The molecule has 21 heavy (non-hydrogen) atoms. The summed E-state index contributed by atoms with van der Waals surface area (Å²) in [5, 5.41) is 4.12. The van der Waals surface area contributed by atoms with E-state index in [1.807, 2.05) is 0 Å². The molecule has 0 aromatic heterocycles. The number of fused-ring (bicyclic) bond motifs is 2. The van der Waals surface area contributed by atoms with Gasteiger partial charge in [0.05, 0.1) is 6.10 Å². The molecule has 1 saturated heterocycles. The van der Waals surface area contributed by atoms with Gasteiger partial charge in [-0.2, -0.15) is 0 Å². The third-order valence-corrected chi connectivity index (χ3v) is 7.13. The number of ether oxygens (including phenoxy) is 1. The number of hydrogen-bond donors (Lipinski definition) is 1. The highest BCUT2D eigenvalue weighted by Gasteiger charge is 2.64. The van der Waals surface area contributed by atoms with Gasteiger partial charge in [0.1, 0.15) is 0 Å². The van der Waals surface area contributed by atoms with E-state index in [1.165, 1.54) is 57.8 Å². The SMILES string of the molecule is CN(C)C1CCC(N[C@@H]2[C@@H]3CCO[C@@H]3C23CCCC3)CC1. The third kappa shape index (κ3) is 2.27. The van der Waals surface area contributed by atoms with Gasteiger partial charge in [0, 0.05) is 36.1 Å². The molecule has 1 heterocycles. The van der Waals surface area contributed by atoms with Crippen LogP contribution in [0.3, 0.4) is 0 Å². The lowest BCUT2D eigenvalue weighted by molar-refractivity contribution is -0.134. The minimum atomic E-state index is 0.527. The fourth-order valence-corrected chi connectivity index (χ4v) is 5.96. The molecule has 4 fully saturated rings. The Balaban J connectivity index is 1.38. The molecule has 0 amide bonds. The van der Waals surface area contributed by atoms with E-state index in [4.69, 9.17) is 4.74 Å². The Hall–Kier alpha value is -0.120. The smallest absolute Gasteiger partial charge is 0.0690 e. The zero-order valence-electron chi connectivity index (χ0n) is 13.8. The molecule has 4 rings (SSSR count). The standard InChI is InChI=1S/C18H32N2O/c1-20(2)14-7-5-13(6-8-14)19-16-15-9-12-21-17(15)18(16)10-3-4-11-18/h13-17,19H,3-12H2,1-2H3/t13?,14?,15-,16+,17-/m0/s1. The van der Waals surface area contributed by atoms with Crippen molar-refractivity contribution in [3.05, 3.63) is 0 Å². The van der Waals surface area contributed by atoms with Crippen LogP contribution in [0.1, 0.15) is 57.8 Å². The minimum Gasteiger partial charge on any atom is -0.377 e. The minimum absolute atomic E-state index is 0.527.